The summed E-state index contributed by atoms with van der Waals surface area (Å²) < 4.78 is 1.91. The Labute approximate surface area is 84.8 Å². The van der Waals surface area contributed by atoms with Crippen LogP contribution in [0, 0.1) is 11.8 Å². The second-order valence-corrected chi connectivity index (χ2v) is 3.07. The van der Waals surface area contributed by atoms with Gasteiger partial charge in [0.15, 0.2) is 0 Å². The number of hydrogen-bond acceptors (Lipinski definition) is 2. The van der Waals surface area contributed by atoms with E-state index >= 15 is 0 Å². The highest BCUT2D eigenvalue weighted by atomic mass is 16.2. The molecule has 0 saturated heterocycles. The van der Waals surface area contributed by atoms with Crippen molar-refractivity contribution in [1.29, 1.82) is 0 Å². The Morgan fingerprint density at radius 3 is 3.14 bits per heavy atom. The third-order valence-corrected chi connectivity index (χ3v) is 1.83. The molecule has 0 unspecified atom stereocenters. The van der Waals surface area contributed by atoms with Gasteiger partial charge < -0.3 is 5.11 Å². The standard InChI is InChI=1S/C11H16N2O/c1-2-9-13-11(7-8-12-13)6-4-3-5-10-14/h7-8,14H,2-3,5,9-10H2,1H3. The Hall–Kier alpha value is -1.27. The number of aliphatic hydroxyl groups is 1. The summed E-state index contributed by atoms with van der Waals surface area (Å²) in [6.45, 7) is 3.24. The van der Waals surface area contributed by atoms with E-state index in [1.165, 1.54) is 0 Å². The quantitative estimate of drug-likeness (QED) is 0.578. The van der Waals surface area contributed by atoms with Crippen molar-refractivity contribution in [2.24, 2.45) is 0 Å². The van der Waals surface area contributed by atoms with Crippen LogP contribution in [0.1, 0.15) is 31.9 Å². The topological polar surface area (TPSA) is 38.0 Å². The summed E-state index contributed by atoms with van der Waals surface area (Å²) in [5.41, 5.74) is 0.963. The summed E-state index contributed by atoms with van der Waals surface area (Å²) in [6.07, 6.45) is 4.32. The number of aromatic nitrogens is 2. The van der Waals surface area contributed by atoms with Crippen LogP contribution >= 0.6 is 0 Å². The Morgan fingerprint density at radius 1 is 1.57 bits per heavy atom. The van der Waals surface area contributed by atoms with Crippen LogP contribution in [0.25, 0.3) is 0 Å². The fraction of sp³-hybridized carbons (Fsp3) is 0.545. The maximum absolute atomic E-state index is 8.58. The zero-order chi connectivity index (χ0) is 10.2. The largest absolute Gasteiger partial charge is 0.396 e. The van der Waals surface area contributed by atoms with Crippen LogP contribution in [0.2, 0.25) is 0 Å². The van der Waals surface area contributed by atoms with Crippen molar-refractivity contribution in [3.8, 4) is 11.8 Å². The lowest BCUT2D eigenvalue weighted by molar-refractivity contribution is 0.290. The molecule has 14 heavy (non-hydrogen) atoms. The predicted molar refractivity (Wildman–Crippen MR) is 55.7 cm³/mol. The van der Waals surface area contributed by atoms with Crippen LogP contribution in [0.3, 0.4) is 0 Å². The van der Waals surface area contributed by atoms with Crippen LogP contribution in [0.4, 0.5) is 0 Å². The van der Waals surface area contributed by atoms with Gasteiger partial charge in [-0.2, -0.15) is 5.10 Å². The van der Waals surface area contributed by atoms with Gasteiger partial charge in [0.25, 0.3) is 0 Å². The van der Waals surface area contributed by atoms with Gasteiger partial charge >= 0.3 is 0 Å². The molecule has 1 N–H and O–H groups in total. The zero-order valence-electron chi connectivity index (χ0n) is 8.53. The van der Waals surface area contributed by atoms with E-state index in [4.69, 9.17) is 5.11 Å². The van der Waals surface area contributed by atoms with E-state index in [0.29, 0.717) is 0 Å². The monoisotopic (exact) mass is 192 g/mol. The number of aliphatic hydroxyl groups excluding tert-OH is 1. The predicted octanol–water partition coefficient (Wildman–Crippen LogP) is 1.42. The Morgan fingerprint density at radius 2 is 2.43 bits per heavy atom. The SMILES string of the molecule is CCCn1nccc1C#CCCCO. The lowest BCUT2D eigenvalue weighted by Gasteiger charge is -1.98. The molecule has 0 amide bonds. The lowest BCUT2D eigenvalue weighted by atomic mass is 10.3. The Bertz CT molecular complexity index is 320. The average Bonchev–Trinajstić information content (AvgIpc) is 2.61. The normalized spacial score (nSPS) is 9.57. The molecule has 3 heteroatoms. The Kier molecular flexibility index (Phi) is 4.81. The summed E-state index contributed by atoms with van der Waals surface area (Å²) in [5, 5.41) is 12.7. The van der Waals surface area contributed by atoms with Gasteiger partial charge in [-0.1, -0.05) is 12.8 Å². The highest BCUT2D eigenvalue weighted by Crippen LogP contribution is 1.98. The van der Waals surface area contributed by atoms with E-state index in [1.54, 1.807) is 6.20 Å². The fourth-order valence-electron chi connectivity index (χ4n) is 1.15. The van der Waals surface area contributed by atoms with Crippen molar-refractivity contribution in [2.75, 3.05) is 6.61 Å². The molecule has 0 fully saturated rings. The first kappa shape index (κ1) is 10.8. The van der Waals surface area contributed by atoms with Crippen molar-refractivity contribution < 1.29 is 5.11 Å². The molecular formula is C11H16N2O. The minimum atomic E-state index is 0.211. The molecule has 1 aromatic rings. The number of rotatable bonds is 4. The first-order valence-electron chi connectivity index (χ1n) is 5.00. The Balaban J connectivity index is 2.55. The third kappa shape index (κ3) is 3.23. The molecule has 0 spiro atoms. The first-order chi connectivity index (χ1) is 6.88. The number of hydrogen-bond donors (Lipinski definition) is 1. The molecule has 0 saturated carbocycles. The van der Waals surface area contributed by atoms with Crippen molar-refractivity contribution >= 4 is 0 Å². The van der Waals surface area contributed by atoms with Crippen molar-refractivity contribution in [1.82, 2.24) is 9.78 Å². The van der Waals surface area contributed by atoms with Gasteiger partial charge in [0, 0.05) is 19.6 Å². The molecule has 1 aromatic heterocycles. The highest BCUT2D eigenvalue weighted by Gasteiger charge is 1.95. The molecule has 0 aromatic carbocycles. The maximum atomic E-state index is 8.58. The van der Waals surface area contributed by atoms with Crippen LogP contribution in [0.5, 0.6) is 0 Å². The van der Waals surface area contributed by atoms with E-state index in [1.807, 2.05) is 10.7 Å². The van der Waals surface area contributed by atoms with Gasteiger partial charge in [-0.05, 0) is 24.8 Å². The highest BCUT2D eigenvalue weighted by molar-refractivity contribution is 5.26. The van der Waals surface area contributed by atoms with Crippen molar-refractivity contribution in [2.45, 2.75) is 32.7 Å². The number of nitrogens with zero attached hydrogens (tertiary/aromatic N) is 2. The average molecular weight is 192 g/mol. The van der Waals surface area contributed by atoms with Crippen molar-refractivity contribution in [3.05, 3.63) is 18.0 Å². The summed E-state index contributed by atoms with van der Waals surface area (Å²) in [6, 6.07) is 1.92. The molecular weight excluding hydrogens is 176 g/mol. The van der Waals surface area contributed by atoms with E-state index in [2.05, 4.69) is 23.9 Å². The van der Waals surface area contributed by atoms with E-state index in [0.717, 1.165) is 31.5 Å². The van der Waals surface area contributed by atoms with E-state index in [-0.39, 0.29) is 6.61 Å². The summed E-state index contributed by atoms with van der Waals surface area (Å²) in [5.74, 6) is 6.07. The molecule has 0 aliphatic carbocycles. The smallest absolute Gasteiger partial charge is 0.111 e. The van der Waals surface area contributed by atoms with Crippen LogP contribution in [0.15, 0.2) is 12.3 Å². The van der Waals surface area contributed by atoms with Crippen molar-refractivity contribution in [3.63, 3.8) is 0 Å². The second-order valence-electron chi connectivity index (χ2n) is 3.07. The molecule has 0 aliphatic rings. The van der Waals surface area contributed by atoms with E-state index in [9.17, 15) is 0 Å². The molecule has 3 nitrogen and oxygen atoms in total. The van der Waals surface area contributed by atoms with Gasteiger partial charge in [0.2, 0.25) is 0 Å². The second kappa shape index (κ2) is 6.22. The fourth-order valence-corrected chi connectivity index (χ4v) is 1.15. The van der Waals surface area contributed by atoms with Gasteiger partial charge in [-0.25, -0.2) is 0 Å². The third-order valence-electron chi connectivity index (χ3n) is 1.83. The van der Waals surface area contributed by atoms with Gasteiger partial charge in [-0.3, -0.25) is 4.68 Å². The summed E-state index contributed by atoms with van der Waals surface area (Å²) in [7, 11) is 0. The van der Waals surface area contributed by atoms with Crippen LogP contribution in [-0.4, -0.2) is 21.5 Å². The van der Waals surface area contributed by atoms with Gasteiger partial charge in [0.05, 0.1) is 6.20 Å². The molecule has 1 rings (SSSR count). The minimum Gasteiger partial charge on any atom is -0.396 e. The van der Waals surface area contributed by atoms with Gasteiger partial charge in [-0.15, -0.1) is 0 Å². The lowest BCUT2D eigenvalue weighted by Crippen LogP contribution is -2.01. The molecule has 0 bridgehead atoms. The molecule has 0 aliphatic heterocycles. The minimum absolute atomic E-state index is 0.211. The summed E-state index contributed by atoms with van der Waals surface area (Å²) in [4.78, 5) is 0. The summed E-state index contributed by atoms with van der Waals surface area (Å²) >= 11 is 0. The molecule has 0 atom stereocenters. The number of aryl methyl sites for hydroxylation is 1. The van der Waals surface area contributed by atoms with Gasteiger partial charge in [0.1, 0.15) is 5.69 Å². The molecule has 0 radical (unpaired) electrons. The van der Waals surface area contributed by atoms with Crippen LogP contribution in [-0.2, 0) is 6.54 Å². The van der Waals surface area contributed by atoms with Crippen LogP contribution < -0.4 is 0 Å². The number of unbranched alkanes of at least 4 members (excludes halogenated alkanes) is 1. The molecule has 1 heterocycles. The zero-order valence-corrected chi connectivity index (χ0v) is 8.53. The first-order valence-corrected chi connectivity index (χ1v) is 5.00. The van der Waals surface area contributed by atoms with E-state index < -0.39 is 0 Å². The maximum Gasteiger partial charge on any atom is 0.111 e. The molecule has 76 valence electrons.